The monoisotopic (exact) mass is 293 g/mol. The number of ether oxygens (including phenoxy) is 1. The SMILES string of the molecule is CC.CC1(C(=O)O)CCCN1C(=O)OCc1ccccc1. The second-order valence-corrected chi connectivity index (χ2v) is 4.87. The van der Waals surface area contributed by atoms with Gasteiger partial charge in [0.25, 0.3) is 0 Å². The highest BCUT2D eigenvalue weighted by atomic mass is 16.6. The van der Waals surface area contributed by atoms with Gasteiger partial charge in [0.15, 0.2) is 0 Å². The van der Waals surface area contributed by atoms with Crippen molar-refractivity contribution < 1.29 is 19.4 Å². The van der Waals surface area contributed by atoms with Crippen LogP contribution in [0.2, 0.25) is 0 Å². The van der Waals surface area contributed by atoms with Gasteiger partial charge < -0.3 is 9.84 Å². The summed E-state index contributed by atoms with van der Waals surface area (Å²) in [5.74, 6) is -0.985. The summed E-state index contributed by atoms with van der Waals surface area (Å²) in [5, 5.41) is 9.23. The third kappa shape index (κ3) is 3.97. The van der Waals surface area contributed by atoms with E-state index in [1.54, 1.807) is 6.92 Å². The summed E-state index contributed by atoms with van der Waals surface area (Å²) in [6.45, 7) is 6.15. The largest absolute Gasteiger partial charge is 0.480 e. The molecular formula is C16H23NO4. The number of carboxylic acid groups (broad SMARTS) is 1. The minimum absolute atomic E-state index is 0.159. The molecule has 1 atom stereocenters. The number of benzene rings is 1. The summed E-state index contributed by atoms with van der Waals surface area (Å²) in [6.07, 6.45) is 0.581. The zero-order chi connectivity index (χ0) is 15.9. The molecular weight excluding hydrogens is 270 g/mol. The first-order valence-electron chi connectivity index (χ1n) is 7.26. The van der Waals surface area contributed by atoms with Crippen LogP contribution < -0.4 is 0 Å². The van der Waals surface area contributed by atoms with Crippen LogP contribution in [0.3, 0.4) is 0 Å². The maximum atomic E-state index is 12.0. The van der Waals surface area contributed by atoms with E-state index in [1.807, 2.05) is 44.2 Å². The molecule has 0 aromatic heterocycles. The molecule has 0 saturated carbocycles. The topological polar surface area (TPSA) is 66.8 Å². The van der Waals surface area contributed by atoms with Gasteiger partial charge in [-0.25, -0.2) is 9.59 Å². The molecule has 1 fully saturated rings. The smallest absolute Gasteiger partial charge is 0.411 e. The molecule has 0 aliphatic carbocycles. The average Bonchev–Trinajstić information content (AvgIpc) is 2.91. The van der Waals surface area contributed by atoms with Crippen molar-refractivity contribution in [1.29, 1.82) is 0 Å². The summed E-state index contributed by atoms with van der Waals surface area (Å²) in [4.78, 5) is 24.5. The Kier molecular flexibility index (Phi) is 6.21. The number of carbonyl (C=O) groups is 2. The Labute approximate surface area is 125 Å². The minimum Gasteiger partial charge on any atom is -0.480 e. The Morgan fingerprint density at radius 1 is 1.29 bits per heavy atom. The van der Waals surface area contributed by atoms with Crippen molar-refractivity contribution in [2.45, 2.75) is 45.8 Å². The molecule has 0 spiro atoms. The lowest BCUT2D eigenvalue weighted by atomic mass is 10.00. The normalized spacial score (nSPS) is 20.4. The van der Waals surface area contributed by atoms with Crippen LogP contribution in [0.15, 0.2) is 30.3 Å². The zero-order valence-corrected chi connectivity index (χ0v) is 12.8. The van der Waals surface area contributed by atoms with Crippen LogP contribution in [0.5, 0.6) is 0 Å². The van der Waals surface area contributed by atoms with Crippen LogP contribution in [0.4, 0.5) is 4.79 Å². The summed E-state index contributed by atoms with van der Waals surface area (Å²) in [6, 6.07) is 9.31. The van der Waals surface area contributed by atoms with Gasteiger partial charge in [-0.2, -0.15) is 0 Å². The lowest BCUT2D eigenvalue weighted by molar-refractivity contribution is -0.147. The Balaban J connectivity index is 0.00000106. The highest BCUT2D eigenvalue weighted by Gasteiger charge is 2.46. The molecule has 1 N–H and O–H groups in total. The van der Waals surface area contributed by atoms with Crippen LogP contribution in [-0.4, -0.2) is 34.2 Å². The first kappa shape index (κ1) is 17.0. The van der Waals surface area contributed by atoms with E-state index in [1.165, 1.54) is 4.90 Å². The van der Waals surface area contributed by atoms with Crippen molar-refractivity contribution in [1.82, 2.24) is 4.90 Å². The molecule has 0 bridgehead atoms. The predicted molar refractivity (Wildman–Crippen MR) is 80.0 cm³/mol. The summed E-state index contributed by atoms with van der Waals surface area (Å²) < 4.78 is 5.18. The Hall–Kier alpha value is -2.04. The fourth-order valence-electron chi connectivity index (χ4n) is 2.28. The lowest BCUT2D eigenvalue weighted by Gasteiger charge is -2.30. The van der Waals surface area contributed by atoms with Crippen molar-refractivity contribution in [3.63, 3.8) is 0 Å². The lowest BCUT2D eigenvalue weighted by Crippen LogP contribution is -2.50. The first-order chi connectivity index (χ1) is 10.0. The minimum atomic E-state index is -1.15. The van der Waals surface area contributed by atoms with Gasteiger partial charge in [-0.3, -0.25) is 4.90 Å². The van der Waals surface area contributed by atoms with E-state index in [9.17, 15) is 14.7 Å². The van der Waals surface area contributed by atoms with Crippen molar-refractivity contribution in [3.8, 4) is 0 Å². The predicted octanol–water partition coefficient (Wildman–Crippen LogP) is 3.29. The third-order valence-electron chi connectivity index (χ3n) is 3.53. The number of hydrogen-bond acceptors (Lipinski definition) is 3. The van der Waals surface area contributed by atoms with Gasteiger partial charge in [0.2, 0.25) is 0 Å². The van der Waals surface area contributed by atoms with E-state index >= 15 is 0 Å². The molecule has 1 aliphatic rings. The summed E-state index contributed by atoms with van der Waals surface area (Å²) in [7, 11) is 0. The van der Waals surface area contributed by atoms with Crippen LogP contribution in [0.25, 0.3) is 0 Å². The highest BCUT2D eigenvalue weighted by Crippen LogP contribution is 2.29. The van der Waals surface area contributed by atoms with Crippen LogP contribution in [0, 0.1) is 0 Å². The molecule has 1 amide bonds. The standard InChI is InChI=1S/C14H17NO4.C2H6/c1-14(12(16)17)8-5-9-15(14)13(18)19-10-11-6-3-2-4-7-11;1-2/h2-4,6-7H,5,8-10H2,1H3,(H,16,17);1-2H3. The maximum Gasteiger partial charge on any atom is 0.411 e. The van der Waals surface area contributed by atoms with Gasteiger partial charge in [-0.05, 0) is 25.3 Å². The molecule has 116 valence electrons. The van der Waals surface area contributed by atoms with E-state index in [0.717, 1.165) is 5.56 Å². The Morgan fingerprint density at radius 2 is 1.90 bits per heavy atom. The molecule has 1 aromatic rings. The van der Waals surface area contributed by atoms with Crippen molar-refractivity contribution in [2.24, 2.45) is 0 Å². The van der Waals surface area contributed by atoms with Crippen molar-refractivity contribution in [2.75, 3.05) is 6.54 Å². The van der Waals surface area contributed by atoms with Gasteiger partial charge in [0.1, 0.15) is 12.1 Å². The number of carbonyl (C=O) groups excluding carboxylic acids is 1. The van der Waals surface area contributed by atoms with E-state index in [2.05, 4.69) is 0 Å². The van der Waals surface area contributed by atoms with Gasteiger partial charge in [-0.1, -0.05) is 44.2 Å². The van der Waals surface area contributed by atoms with Gasteiger partial charge in [0, 0.05) is 6.54 Å². The van der Waals surface area contributed by atoms with Gasteiger partial charge in [-0.15, -0.1) is 0 Å². The number of nitrogens with zero attached hydrogens (tertiary/aromatic N) is 1. The fourth-order valence-corrected chi connectivity index (χ4v) is 2.28. The second-order valence-electron chi connectivity index (χ2n) is 4.87. The Morgan fingerprint density at radius 3 is 2.48 bits per heavy atom. The quantitative estimate of drug-likeness (QED) is 0.928. The fraction of sp³-hybridized carbons (Fsp3) is 0.500. The van der Waals surface area contributed by atoms with Crippen LogP contribution >= 0.6 is 0 Å². The van der Waals surface area contributed by atoms with Gasteiger partial charge in [0.05, 0.1) is 0 Å². The number of rotatable bonds is 3. The van der Waals surface area contributed by atoms with Crippen molar-refractivity contribution >= 4 is 12.1 Å². The molecule has 1 aromatic carbocycles. The molecule has 5 heteroatoms. The number of hydrogen-bond donors (Lipinski definition) is 1. The molecule has 5 nitrogen and oxygen atoms in total. The van der Waals surface area contributed by atoms with Crippen LogP contribution in [-0.2, 0) is 16.1 Å². The van der Waals surface area contributed by atoms with E-state index in [0.29, 0.717) is 19.4 Å². The third-order valence-corrected chi connectivity index (χ3v) is 3.53. The highest BCUT2D eigenvalue weighted by molar-refractivity contribution is 5.84. The maximum absolute atomic E-state index is 12.0. The Bertz CT molecular complexity index is 474. The van der Waals surface area contributed by atoms with Gasteiger partial charge >= 0.3 is 12.1 Å². The zero-order valence-electron chi connectivity index (χ0n) is 12.8. The van der Waals surface area contributed by atoms with Crippen molar-refractivity contribution in [3.05, 3.63) is 35.9 Å². The molecule has 0 radical (unpaired) electrons. The number of amides is 1. The molecule has 1 saturated heterocycles. The molecule has 1 aliphatic heterocycles. The van der Waals surface area contributed by atoms with E-state index in [-0.39, 0.29) is 6.61 Å². The number of likely N-dealkylation sites (tertiary alicyclic amines) is 1. The number of aliphatic carboxylic acids is 1. The first-order valence-corrected chi connectivity index (χ1v) is 7.26. The van der Waals surface area contributed by atoms with E-state index in [4.69, 9.17) is 4.74 Å². The summed E-state index contributed by atoms with van der Waals surface area (Å²) in [5.41, 5.74) is -0.264. The van der Waals surface area contributed by atoms with E-state index < -0.39 is 17.6 Å². The molecule has 1 heterocycles. The molecule has 2 rings (SSSR count). The van der Waals surface area contributed by atoms with Crippen LogP contribution in [0.1, 0.15) is 39.2 Å². The second kappa shape index (κ2) is 7.67. The molecule has 21 heavy (non-hydrogen) atoms. The number of carboxylic acids is 1. The summed E-state index contributed by atoms with van der Waals surface area (Å²) >= 11 is 0. The average molecular weight is 293 g/mol. The molecule has 1 unspecified atom stereocenters.